The molecule has 9 nitrogen and oxygen atoms in total. The van der Waals surface area contributed by atoms with Crippen molar-refractivity contribution in [1.29, 1.82) is 0 Å². The van der Waals surface area contributed by atoms with Crippen LogP contribution in [-0.4, -0.2) is 81.2 Å². The molecule has 1 aliphatic rings. The molecule has 4 atom stereocenters. The highest BCUT2D eigenvalue weighted by molar-refractivity contribution is 7.47. The normalized spacial score (nSPS) is 18.0. The molecular formula is C46H81NO8P+. The fraction of sp³-hybridized carbons (Fsp3) is 0.717. The van der Waals surface area contributed by atoms with E-state index in [0.29, 0.717) is 29.7 Å². The van der Waals surface area contributed by atoms with Crippen LogP contribution >= 0.6 is 7.82 Å². The number of allylic oxidation sites excluding steroid dienone is 9. The maximum atomic E-state index is 12.5. The number of hydrogen-bond donors (Lipinski definition) is 1. The van der Waals surface area contributed by atoms with Crippen LogP contribution < -0.4 is 0 Å². The van der Waals surface area contributed by atoms with Crippen molar-refractivity contribution in [3.8, 4) is 0 Å². The smallest absolute Gasteiger partial charge is 0.472 e. The van der Waals surface area contributed by atoms with Gasteiger partial charge in [0.25, 0.3) is 0 Å². The molecule has 1 N–H and O–H groups in total. The van der Waals surface area contributed by atoms with Crippen LogP contribution in [0, 0.1) is 0 Å². The highest BCUT2D eigenvalue weighted by Gasteiger charge is 2.36. The summed E-state index contributed by atoms with van der Waals surface area (Å²) in [6.45, 7) is 4.68. The first-order valence-electron chi connectivity index (χ1n) is 21.8. The molecule has 1 heterocycles. The van der Waals surface area contributed by atoms with Gasteiger partial charge in [-0.3, -0.25) is 13.8 Å². The van der Waals surface area contributed by atoms with Crippen LogP contribution in [0.1, 0.15) is 149 Å². The second kappa shape index (κ2) is 34.8. The molecule has 3 unspecified atom stereocenters. The lowest BCUT2D eigenvalue weighted by Crippen LogP contribution is -2.37. The van der Waals surface area contributed by atoms with E-state index in [1.165, 1.54) is 70.6 Å². The molecule has 10 heteroatoms. The molecule has 322 valence electrons. The molecular weight excluding hydrogens is 725 g/mol. The number of esters is 1. The van der Waals surface area contributed by atoms with Gasteiger partial charge in [-0.05, 0) is 63.9 Å². The minimum Gasteiger partial charge on any atom is -0.492 e. The number of rotatable bonds is 38. The molecule has 0 saturated carbocycles. The Balaban J connectivity index is 2.29. The Morgan fingerprint density at radius 3 is 1.79 bits per heavy atom. The molecule has 1 aliphatic heterocycles. The summed E-state index contributed by atoms with van der Waals surface area (Å²) in [7, 11) is 1.62. The number of ether oxygens (including phenoxy) is 3. The number of likely N-dealkylation sites (N-methyl/N-ethyl adjacent to an activating group) is 1. The predicted octanol–water partition coefficient (Wildman–Crippen LogP) is 12.0. The van der Waals surface area contributed by atoms with Crippen molar-refractivity contribution < 1.29 is 42.0 Å². The first-order valence-corrected chi connectivity index (χ1v) is 23.3. The third-order valence-electron chi connectivity index (χ3n) is 9.29. The lowest BCUT2D eigenvalue weighted by Gasteiger charge is -2.24. The van der Waals surface area contributed by atoms with E-state index in [4.69, 9.17) is 23.3 Å². The molecule has 56 heavy (non-hydrogen) atoms. The van der Waals surface area contributed by atoms with Gasteiger partial charge in [-0.1, -0.05) is 145 Å². The second-order valence-corrected chi connectivity index (χ2v) is 17.3. The molecule has 1 saturated heterocycles. The molecule has 0 aliphatic carbocycles. The van der Waals surface area contributed by atoms with Crippen LogP contribution in [0.5, 0.6) is 0 Å². The van der Waals surface area contributed by atoms with Crippen molar-refractivity contribution in [3.63, 3.8) is 0 Å². The van der Waals surface area contributed by atoms with E-state index in [9.17, 15) is 14.3 Å². The monoisotopic (exact) mass is 807 g/mol. The third-order valence-corrected chi connectivity index (χ3v) is 10.3. The number of hydrogen-bond acceptors (Lipinski definition) is 7. The van der Waals surface area contributed by atoms with E-state index in [-0.39, 0.29) is 32.2 Å². The lowest BCUT2D eigenvalue weighted by molar-refractivity contribution is -0.870. The van der Waals surface area contributed by atoms with Gasteiger partial charge in [0.1, 0.15) is 19.8 Å². The van der Waals surface area contributed by atoms with E-state index >= 15 is 0 Å². The van der Waals surface area contributed by atoms with Crippen LogP contribution in [0.15, 0.2) is 73.1 Å². The topological polar surface area (TPSA) is 104 Å². The summed E-state index contributed by atoms with van der Waals surface area (Å²) in [6.07, 6.45) is 48.1. The molecule has 0 amide bonds. The zero-order chi connectivity index (χ0) is 41.0. The van der Waals surface area contributed by atoms with Crippen LogP contribution in [0.25, 0.3) is 0 Å². The molecule has 0 bridgehead atoms. The van der Waals surface area contributed by atoms with Gasteiger partial charge in [0.2, 0.25) is 0 Å². The van der Waals surface area contributed by atoms with Gasteiger partial charge < -0.3 is 23.6 Å². The number of nitrogens with zero attached hydrogens (tertiary/aromatic N) is 1. The van der Waals surface area contributed by atoms with E-state index in [2.05, 4.69) is 62.5 Å². The van der Waals surface area contributed by atoms with Gasteiger partial charge in [0, 0.05) is 6.42 Å². The molecule has 1 rings (SSSR count). The molecule has 0 aromatic heterocycles. The first kappa shape index (κ1) is 51.8. The Bertz CT molecular complexity index is 1190. The number of quaternary nitrogens is 1. The van der Waals surface area contributed by atoms with Crippen molar-refractivity contribution in [2.24, 2.45) is 0 Å². The summed E-state index contributed by atoms with van der Waals surface area (Å²) in [4.78, 5) is 22.6. The SMILES string of the molecule is CC/C=C\CC1OC1C/C=C\C/C=C\C/C=C\C/C=C\CCC(=O)OC[C@H](COP(=O)(O)OCC[N+](C)(C)C)O/C=C/CCCCCCCCCCCCCC. The zero-order valence-corrected chi connectivity index (χ0v) is 36.9. The zero-order valence-electron chi connectivity index (χ0n) is 36.0. The Morgan fingerprint density at radius 1 is 0.679 bits per heavy atom. The van der Waals surface area contributed by atoms with Gasteiger partial charge in [-0.15, -0.1) is 0 Å². The highest BCUT2D eigenvalue weighted by atomic mass is 31.2. The van der Waals surface area contributed by atoms with Gasteiger partial charge in [0.05, 0.1) is 46.2 Å². The molecule has 0 aromatic carbocycles. The molecule has 0 spiro atoms. The van der Waals surface area contributed by atoms with E-state index < -0.39 is 13.9 Å². The summed E-state index contributed by atoms with van der Waals surface area (Å²) >= 11 is 0. The van der Waals surface area contributed by atoms with Gasteiger partial charge in [0.15, 0.2) is 6.10 Å². The van der Waals surface area contributed by atoms with E-state index in [0.717, 1.165) is 51.4 Å². The highest BCUT2D eigenvalue weighted by Crippen LogP contribution is 2.43. The fourth-order valence-electron chi connectivity index (χ4n) is 5.72. The van der Waals surface area contributed by atoms with Crippen molar-refractivity contribution in [1.82, 2.24) is 0 Å². The second-order valence-electron chi connectivity index (χ2n) is 15.8. The first-order chi connectivity index (χ1) is 27.1. The largest absolute Gasteiger partial charge is 0.492 e. The quantitative estimate of drug-likeness (QED) is 0.0125. The number of epoxide rings is 1. The average molecular weight is 807 g/mol. The summed E-state index contributed by atoms with van der Waals surface area (Å²) < 4.78 is 40.3. The van der Waals surface area contributed by atoms with Crippen LogP contribution in [-0.2, 0) is 32.6 Å². The number of phosphoric acid groups is 1. The standard InChI is InChI=1S/C46H80NO8P/c1-6-8-10-11-12-13-14-15-18-21-24-27-30-34-39-51-43(42-54-56(49,50)53-40-38-47(3,4)5)41-52-46(48)37-33-29-26-23-20-17-16-19-22-25-28-32-36-45-44(55-45)35-31-9-7-2/h9,17,19-20,22,26,28-29,31-32,34,39,43-45H,6-8,10-16,18,21,23-25,27,30,33,35-38,40-42H2,1-5H3/p+1/b20-17-,22-19-,29-26-,31-9-,32-28-,39-34+/t43-,44?,45?/m1/s1. The predicted molar refractivity (Wildman–Crippen MR) is 232 cm³/mol. The number of carbonyl (C=O) groups is 1. The summed E-state index contributed by atoms with van der Waals surface area (Å²) in [5, 5.41) is 0. The number of carbonyl (C=O) groups excluding carboxylic acids is 1. The third kappa shape index (κ3) is 34.9. The number of phosphoric ester groups is 1. The minimum absolute atomic E-state index is 0.0738. The lowest BCUT2D eigenvalue weighted by atomic mass is 10.0. The minimum atomic E-state index is -4.29. The van der Waals surface area contributed by atoms with Gasteiger partial charge in [-0.2, -0.15) is 0 Å². The van der Waals surface area contributed by atoms with Crippen LogP contribution in [0.4, 0.5) is 0 Å². The summed E-state index contributed by atoms with van der Waals surface area (Å²) in [6, 6.07) is 0. The van der Waals surface area contributed by atoms with Crippen LogP contribution in [0.2, 0.25) is 0 Å². The average Bonchev–Trinajstić information content (AvgIpc) is 3.91. The van der Waals surface area contributed by atoms with Gasteiger partial charge in [-0.25, -0.2) is 4.57 Å². The maximum Gasteiger partial charge on any atom is 0.472 e. The molecule has 1 fully saturated rings. The van der Waals surface area contributed by atoms with Crippen molar-refractivity contribution in [2.75, 3.05) is 47.5 Å². The Morgan fingerprint density at radius 2 is 1.21 bits per heavy atom. The Kier molecular flexibility index (Phi) is 32.1. The Labute approximate surface area is 342 Å². The van der Waals surface area contributed by atoms with E-state index in [1.54, 1.807) is 6.26 Å². The molecule has 0 aromatic rings. The van der Waals surface area contributed by atoms with Gasteiger partial charge >= 0.3 is 13.8 Å². The number of unbranched alkanes of at least 4 members (excludes halogenated alkanes) is 12. The Hall–Kier alpha value is -2.26. The summed E-state index contributed by atoms with van der Waals surface area (Å²) in [5.41, 5.74) is 0. The summed E-state index contributed by atoms with van der Waals surface area (Å²) in [5.74, 6) is -0.363. The van der Waals surface area contributed by atoms with E-state index in [1.807, 2.05) is 39.4 Å². The molecule has 0 radical (unpaired) electrons. The van der Waals surface area contributed by atoms with Crippen molar-refractivity contribution in [2.45, 2.75) is 167 Å². The maximum absolute atomic E-state index is 12.5. The van der Waals surface area contributed by atoms with Crippen molar-refractivity contribution >= 4 is 13.8 Å². The van der Waals surface area contributed by atoms with Crippen LogP contribution in [0.3, 0.4) is 0 Å². The van der Waals surface area contributed by atoms with Crippen molar-refractivity contribution in [3.05, 3.63) is 73.1 Å². The fourth-order valence-corrected chi connectivity index (χ4v) is 6.46.